The van der Waals surface area contributed by atoms with E-state index in [1.54, 1.807) is 25.1 Å². The van der Waals surface area contributed by atoms with Crippen molar-refractivity contribution in [2.24, 2.45) is 0 Å². The fourth-order valence-corrected chi connectivity index (χ4v) is 1.61. The second-order valence-corrected chi connectivity index (χ2v) is 3.64. The van der Waals surface area contributed by atoms with E-state index in [0.29, 0.717) is 5.69 Å². The lowest BCUT2D eigenvalue weighted by atomic mass is 10.2. The second-order valence-electron chi connectivity index (χ2n) is 3.64. The molecule has 82 valence electrons. The van der Waals surface area contributed by atoms with Crippen LogP contribution in [0.2, 0.25) is 0 Å². The fourth-order valence-electron chi connectivity index (χ4n) is 1.61. The van der Waals surface area contributed by atoms with Gasteiger partial charge in [0.05, 0.1) is 5.69 Å². The van der Waals surface area contributed by atoms with Crippen LogP contribution in [0, 0.1) is 0 Å². The second kappa shape index (κ2) is 3.81. The van der Waals surface area contributed by atoms with Crippen molar-refractivity contribution in [2.75, 3.05) is 4.90 Å². The maximum Gasteiger partial charge on any atom is 0.329 e. The van der Waals surface area contributed by atoms with Gasteiger partial charge in [0.2, 0.25) is 0 Å². The molecule has 1 aliphatic rings. The zero-order valence-electron chi connectivity index (χ0n) is 8.93. The van der Waals surface area contributed by atoms with E-state index in [1.165, 1.54) is 0 Å². The number of nitrogens with one attached hydrogen (secondary N) is 1. The Morgan fingerprint density at radius 1 is 1.31 bits per heavy atom. The van der Waals surface area contributed by atoms with Crippen LogP contribution in [0.1, 0.15) is 12.5 Å². The topological polar surface area (TPSA) is 49.4 Å². The molecule has 1 aromatic rings. The van der Waals surface area contributed by atoms with Crippen molar-refractivity contribution in [1.82, 2.24) is 5.32 Å². The van der Waals surface area contributed by atoms with Crippen molar-refractivity contribution in [1.29, 1.82) is 0 Å². The van der Waals surface area contributed by atoms with Gasteiger partial charge in [0.25, 0.3) is 5.91 Å². The largest absolute Gasteiger partial charge is 0.329 e. The normalized spacial score (nSPS) is 19.8. The lowest BCUT2D eigenvalue weighted by Gasteiger charge is -2.12. The smallest absolute Gasteiger partial charge is 0.326 e. The molecule has 4 heteroatoms. The molecule has 16 heavy (non-hydrogen) atoms. The van der Waals surface area contributed by atoms with Gasteiger partial charge in [-0.1, -0.05) is 24.8 Å². The number of hydrogen-bond acceptors (Lipinski definition) is 2. The van der Waals surface area contributed by atoms with Crippen molar-refractivity contribution < 1.29 is 9.59 Å². The minimum atomic E-state index is -0.452. The Labute approximate surface area is 93.6 Å². The van der Waals surface area contributed by atoms with Gasteiger partial charge in [0.1, 0.15) is 6.04 Å². The van der Waals surface area contributed by atoms with Gasteiger partial charge in [-0.25, -0.2) is 9.69 Å². The predicted molar refractivity (Wildman–Crippen MR) is 62.0 cm³/mol. The molecule has 0 saturated carbocycles. The number of amides is 3. The van der Waals surface area contributed by atoms with Crippen molar-refractivity contribution in [2.45, 2.75) is 13.0 Å². The number of nitrogens with zero attached hydrogens (tertiary/aromatic N) is 1. The maximum absolute atomic E-state index is 11.7. The third-order valence-corrected chi connectivity index (χ3v) is 2.52. The molecule has 1 N–H and O–H groups in total. The molecule has 1 aromatic carbocycles. The van der Waals surface area contributed by atoms with Crippen LogP contribution in [-0.4, -0.2) is 18.0 Å². The number of rotatable bonds is 2. The highest BCUT2D eigenvalue weighted by Crippen LogP contribution is 2.20. The third-order valence-electron chi connectivity index (χ3n) is 2.52. The summed E-state index contributed by atoms with van der Waals surface area (Å²) in [5, 5.41) is 2.56. The Balaban J connectivity index is 2.33. The molecular formula is C12H12N2O2. The summed E-state index contributed by atoms with van der Waals surface area (Å²) in [4.78, 5) is 24.4. The molecule has 3 amide bonds. The van der Waals surface area contributed by atoms with Gasteiger partial charge in [0, 0.05) is 0 Å². The van der Waals surface area contributed by atoms with E-state index in [1.807, 2.05) is 12.1 Å². The van der Waals surface area contributed by atoms with Crippen LogP contribution in [0.25, 0.3) is 6.08 Å². The van der Waals surface area contributed by atoms with Crippen LogP contribution in [-0.2, 0) is 4.79 Å². The average molecular weight is 216 g/mol. The highest BCUT2D eigenvalue weighted by atomic mass is 16.2. The number of urea groups is 1. The molecule has 0 spiro atoms. The molecule has 1 atom stereocenters. The molecule has 1 unspecified atom stereocenters. The lowest BCUT2D eigenvalue weighted by molar-refractivity contribution is -0.117. The summed E-state index contributed by atoms with van der Waals surface area (Å²) >= 11 is 0. The molecule has 0 radical (unpaired) electrons. The van der Waals surface area contributed by atoms with E-state index in [2.05, 4.69) is 11.9 Å². The molecule has 4 nitrogen and oxygen atoms in total. The van der Waals surface area contributed by atoms with E-state index < -0.39 is 6.04 Å². The van der Waals surface area contributed by atoms with E-state index >= 15 is 0 Å². The minimum absolute atomic E-state index is 0.226. The minimum Gasteiger partial charge on any atom is -0.326 e. The summed E-state index contributed by atoms with van der Waals surface area (Å²) in [5.74, 6) is -0.226. The van der Waals surface area contributed by atoms with E-state index in [9.17, 15) is 9.59 Å². The monoisotopic (exact) mass is 216 g/mol. The molecule has 0 aliphatic carbocycles. The van der Waals surface area contributed by atoms with E-state index in [0.717, 1.165) is 10.5 Å². The molecule has 1 heterocycles. The van der Waals surface area contributed by atoms with Crippen LogP contribution < -0.4 is 10.2 Å². The zero-order chi connectivity index (χ0) is 11.7. The molecule has 2 rings (SSSR count). The van der Waals surface area contributed by atoms with E-state index in [4.69, 9.17) is 0 Å². The summed E-state index contributed by atoms with van der Waals surface area (Å²) in [6, 6.07) is 6.26. The van der Waals surface area contributed by atoms with E-state index in [-0.39, 0.29) is 11.9 Å². The number of carbonyl (C=O) groups excluding carboxylic acids is 2. The number of imide groups is 1. The van der Waals surface area contributed by atoms with Crippen LogP contribution >= 0.6 is 0 Å². The van der Waals surface area contributed by atoms with Gasteiger partial charge >= 0.3 is 6.03 Å². The molecular weight excluding hydrogens is 204 g/mol. The van der Waals surface area contributed by atoms with Crippen molar-refractivity contribution in [3.05, 3.63) is 36.4 Å². The lowest BCUT2D eigenvalue weighted by Crippen LogP contribution is -2.30. The molecule has 1 aliphatic heterocycles. The summed E-state index contributed by atoms with van der Waals surface area (Å²) in [5.41, 5.74) is 1.53. The number of hydrogen-bond donors (Lipinski definition) is 1. The Bertz CT molecular complexity index is 451. The number of anilines is 1. The van der Waals surface area contributed by atoms with Gasteiger partial charge in [0.15, 0.2) is 0 Å². The molecule has 1 fully saturated rings. The fraction of sp³-hybridized carbons (Fsp3) is 0.167. The summed E-state index contributed by atoms with van der Waals surface area (Å²) in [7, 11) is 0. The van der Waals surface area contributed by atoms with Crippen LogP contribution in [0.3, 0.4) is 0 Å². The van der Waals surface area contributed by atoms with Gasteiger partial charge in [-0.2, -0.15) is 0 Å². The molecule has 1 saturated heterocycles. The highest BCUT2D eigenvalue weighted by Gasteiger charge is 2.35. The maximum atomic E-state index is 11.7. The van der Waals surface area contributed by atoms with Crippen molar-refractivity contribution >= 4 is 23.7 Å². The Morgan fingerprint density at radius 2 is 1.94 bits per heavy atom. The first-order chi connectivity index (χ1) is 7.63. The number of benzene rings is 1. The molecule has 0 aromatic heterocycles. The summed E-state index contributed by atoms with van der Waals surface area (Å²) < 4.78 is 0. The zero-order valence-corrected chi connectivity index (χ0v) is 8.93. The Morgan fingerprint density at radius 3 is 2.38 bits per heavy atom. The Hall–Kier alpha value is -2.10. The summed E-state index contributed by atoms with van der Waals surface area (Å²) in [6.45, 7) is 5.31. The first kappa shape index (κ1) is 10.4. The van der Waals surface area contributed by atoms with Gasteiger partial charge in [-0.3, -0.25) is 4.79 Å². The van der Waals surface area contributed by atoms with Crippen LogP contribution in [0.15, 0.2) is 30.8 Å². The first-order valence-electron chi connectivity index (χ1n) is 5.00. The predicted octanol–water partition coefficient (Wildman–Crippen LogP) is 1.77. The standard InChI is InChI=1S/C12H12N2O2/c1-3-9-4-6-10(7-5-9)14-11(15)8(2)13-12(14)16/h3-8H,1H2,2H3,(H,13,16). The van der Waals surface area contributed by atoms with Crippen molar-refractivity contribution in [3.63, 3.8) is 0 Å². The van der Waals surface area contributed by atoms with Gasteiger partial charge < -0.3 is 5.32 Å². The quantitative estimate of drug-likeness (QED) is 0.766. The third kappa shape index (κ3) is 1.58. The van der Waals surface area contributed by atoms with Crippen molar-refractivity contribution in [3.8, 4) is 0 Å². The van der Waals surface area contributed by atoms with Gasteiger partial charge in [-0.05, 0) is 24.6 Å². The average Bonchev–Trinajstić information content (AvgIpc) is 2.54. The van der Waals surface area contributed by atoms with Crippen LogP contribution in [0.4, 0.5) is 10.5 Å². The van der Waals surface area contributed by atoms with Gasteiger partial charge in [-0.15, -0.1) is 0 Å². The highest BCUT2D eigenvalue weighted by molar-refractivity contribution is 6.21. The first-order valence-corrected chi connectivity index (χ1v) is 5.00. The Kier molecular flexibility index (Phi) is 2.48. The van der Waals surface area contributed by atoms with Crippen LogP contribution in [0.5, 0.6) is 0 Å². The number of carbonyl (C=O) groups is 2. The summed E-state index contributed by atoms with van der Waals surface area (Å²) in [6.07, 6.45) is 1.71. The SMILES string of the molecule is C=Cc1ccc(N2C(=O)NC(C)C2=O)cc1. The molecule has 0 bridgehead atoms.